The molecule has 0 radical (unpaired) electrons. The van der Waals surface area contributed by atoms with Crippen molar-refractivity contribution in [2.24, 2.45) is 0 Å². The number of rotatable bonds is 3. The third-order valence-corrected chi connectivity index (χ3v) is 4.01. The van der Waals surface area contributed by atoms with E-state index in [2.05, 4.69) is 10.6 Å². The second-order valence-electron chi connectivity index (χ2n) is 5.32. The van der Waals surface area contributed by atoms with Gasteiger partial charge in [0.1, 0.15) is 0 Å². The number of nitrogens with one attached hydrogen (secondary N) is 2. The summed E-state index contributed by atoms with van der Waals surface area (Å²) < 4.78 is 0. The van der Waals surface area contributed by atoms with Gasteiger partial charge in [0.15, 0.2) is 5.78 Å². The van der Waals surface area contributed by atoms with Crippen LogP contribution in [0.1, 0.15) is 28.9 Å². The standard InChI is InChI=1S/C18H15ClN2O2/c1-11-15(17(22)13-7-9-14(19)10-8-13)16(21-18(23)20-11)12-5-3-2-4-6-12/h2-10,16H,1H3,(H2,20,21,23)/t16-/m1/s1. The first kappa shape index (κ1) is 15.3. The van der Waals surface area contributed by atoms with Gasteiger partial charge < -0.3 is 10.6 Å². The molecule has 2 aromatic rings. The van der Waals surface area contributed by atoms with E-state index >= 15 is 0 Å². The molecule has 116 valence electrons. The molecule has 2 N–H and O–H groups in total. The highest BCUT2D eigenvalue weighted by Crippen LogP contribution is 2.29. The van der Waals surface area contributed by atoms with E-state index in [0.717, 1.165) is 5.56 Å². The number of hydrogen-bond donors (Lipinski definition) is 2. The summed E-state index contributed by atoms with van der Waals surface area (Å²) in [6.45, 7) is 1.73. The van der Waals surface area contributed by atoms with Gasteiger partial charge in [-0.05, 0) is 36.8 Å². The lowest BCUT2D eigenvalue weighted by Crippen LogP contribution is -2.45. The number of urea groups is 1. The molecule has 0 unspecified atom stereocenters. The Balaban J connectivity index is 2.05. The van der Waals surface area contributed by atoms with Crippen molar-refractivity contribution in [1.29, 1.82) is 0 Å². The zero-order valence-corrected chi connectivity index (χ0v) is 13.2. The topological polar surface area (TPSA) is 58.2 Å². The van der Waals surface area contributed by atoms with Gasteiger partial charge in [0.2, 0.25) is 0 Å². The zero-order chi connectivity index (χ0) is 16.4. The van der Waals surface area contributed by atoms with Crippen LogP contribution < -0.4 is 10.6 Å². The lowest BCUT2D eigenvalue weighted by Gasteiger charge is -2.28. The third-order valence-electron chi connectivity index (χ3n) is 3.75. The maximum atomic E-state index is 12.9. The van der Waals surface area contributed by atoms with E-state index in [1.54, 1.807) is 31.2 Å². The molecule has 0 aliphatic carbocycles. The summed E-state index contributed by atoms with van der Waals surface area (Å²) in [6.07, 6.45) is 0. The molecule has 0 saturated heterocycles. The lowest BCUT2D eigenvalue weighted by atomic mass is 9.90. The molecule has 5 heteroatoms. The molecular formula is C18H15ClN2O2. The van der Waals surface area contributed by atoms with E-state index in [1.807, 2.05) is 30.3 Å². The number of carbonyl (C=O) groups is 2. The minimum atomic E-state index is -0.479. The number of hydrogen-bond acceptors (Lipinski definition) is 2. The van der Waals surface area contributed by atoms with E-state index in [4.69, 9.17) is 11.6 Å². The zero-order valence-electron chi connectivity index (χ0n) is 12.5. The molecule has 2 amide bonds. The normalized spacial score (nSPS) is 17.5. The van der Waals surface area contributed by atoms with Gasteiger partial charge in [0.25, 0.3) is 0 Å². The Bertz CT molecular complexity index is 782. The van der Waals surface area contributed by atoms with Gasteiger partial charge in [-0.1, -0.05) is 41.9 Å². The van der Waals surface area contributed by atoms with Crippen molar-refractivity contribution in [3.8, 4) is 0 Å². The largest absolute Gasteiger partial charge is 0.327 e. The molecule has 0 aromatic heterocycles. The highest BCUT2D eigenvalue weighted by atomic mass is 35.5. The molecule has 2 aromatic carbocycles. The highest BCUT2D eigenvalue weighted by molar-refractivity contribution is 6.30. The fraction of sp³-hybridized carbons (Fsp3) is 0.111. The molecular weight excluding hydrogens is 312 g/mol. The molecule has 23 heavy (non-hydrogen) atoms. The average Bonchev–Trinajstić information content (AvgIpc) is 2.55. The van der Waals surface area contributed by atoms with Crippen LogP contribution in [0.25, 0.3) is 0 Å². The van der Waals surface area contributed by atoms with Crippen LogP contribution in [-0.2, 0) is 0 Å². The van der Waals surface area contributed by atoms with Crippen molar-refractivity contribution in [2.75, 3.05) is 0 Å². The SMILES string of the molecule is CC1=C(C(=O)c2ccc(Cl)cc2)[C@@H](c2ccccc2)NC(=O)N1. The Morgan fingerprint density at radius 3 is 2.35 bits per heavy atom. The number of amides is 2. The molecule has 1 heterocycles. The predicted octanol–water partition coefficient (Wildman–Crippen LogP) is 3.85. The molecule has 1 aliphatic heterocycles. The third kappa shape index (κ3) is 3.12. The second-order valence-corrected chi connectivity index (χ2v) is 5.75. The molecule has 1 aliphatic rings. The molecule has 1 atom stereocenters. The Kier molecular flexibility index (Phi) is 4.17. The van der Waals surface area contributed by atoms with Crippen LogP contribution in [0.3, 0.4) is 0 Å². The van der Waals surface area contributed by atoms with E-state index in [-0.39, 0.29) is 11.8 Å². The summed E-state index contributed by atoms with van der Waals surface area (Å²) in [6, 6.07) is 15.4. The van der Waals surface area contributed by atoms with Crippen molar-refractivity contribution in [2.45, 2.75) is 13.0 Å². The average molecular weight is 327 g/mol. The summed E-state index contributed by atoms with van der Waals surface area (Å²) >= 11 is 5.88. The summed E-state index contributed by atoms with van der Waals surface area (Å²) in [4.78, 5) is 24.7. The van der Waals surface area contributed by atoms with Gasteiger partial charge in [0.05, 0.1) is 6.04 Å². The van der Waals surface area contributed by atoms with Gasteiger partial charge >= 0.3 is 6.03 Å². The van der Waals surface area contributed by atoms with Crippen LogP contribution in [-0.4, -0.2) is 11.8 Å². The highest BCUT2D eigenvalue weighted by Gasteiger charge is 2.31. The van der Waals surface area contributed by atoms with Crippen LogP contribution in [0.4, 0.5) is 4.79 Å². The quantitative estimate of drug-likeness (QED) is 0.842. The van der Waals surface area contributed by atoms with Crippen LogP contribution in [0, 0.1) is 0 Å². The van der Waals surface area contributed by atoms with Crippen LogP contribution >= 0.6 is 11.6 Å². The molecule has 0 spiro atoms. The summed E-state index contributed by atoms with van der Waals surface area (Å²) in [7, 11) is 0. The van der Waals surface area contributed by atoms with Gasteiger partial charge in [-0.2, -0.15) is 0 Å². The number of halogens is 1. The first-order valence-electron chi connectivity index (χ1n) is 7.20. The smallest absolute Gasteiger partial charge is 0.319 e. The molecule has 0 fully saturated rings. The van der Waals surface area contributed by atoms with Crippen molar-refractivity contribution in [1.82, 2.24) is 10.6 Å². The molecule has 3 rings (SSSR count). The first-order chi connectivity index (χ1) is 11.1. The monoisotopic (exact) mass is 326 g/mol. The van der Waals surface area contributed by atoms with E-state index in [9.17, 15) is 9.59 Å². The van der Waals surface area contributed by atoms with Crippen molar-refractivity contribution < 1.29 is 9.59 Å². The molecule has 4 nitrogen and oxygen atoms in total. The number of ketones is 1. The Morgan fingerprint density at radius 2 is 1.70 bits per heavy atom. The number of allylic oxidation sites excluding steroid dienone is 1. The van der Waals surface area contributed by atoms with Crippen molar-refractivity contribution >= 4 is 23.4 Å². The van der Waals surface area contributed by atoms with Crippen LogP contribution in [0.2, 0.25) is 5.02 Å². The lowest BCUT2D eigenvalue weighted by molar-refractivity contribution is 0.102. The summed E-state index contributed by atoms with van der Waals surface area (Å²) in [5.74, 6) is -0.138. The van der Waals surface area contributed by atoms with Crippen molar-refractivity contribution in [3.63, 3.8) is 0 Å². The van der Waals surface area contributed by atoms with Crippen LogP contribution in [0.15, 0.2) is 65.9 Å². The fourth-order valence-corrected chi connectivity index (χ4v) is 2.77. The molecule has 0 saturated carbocycles. The number of Topliss-reactive ketones (excluding diaryl/α,β-unsaturated/α-hetero) is 1. The maximum absolute atomic E-state index is 12.9. The van der Waals surface area contributed by atoms with E-state index in [1.165, 1.54) is 0 Å². The Labute approximate surface area is 139 Å². The maximum Gasteiger partial charge on any atom is 0.319 e. The van der Waals surface area contributed by atoms with Gasteiger partial charge in [-0.25, -0.2) is 4.79 Å². The summed E-state index contributed by atoms with van der Waals surface area (Å²) in [5.41, 5.74) is 2.47. The second kappa shape index (κ2) is 6.26. The van der Waals surface area contributed by atoms with E-state index < -0.39 is 6.04 Å². The predicted molar refractivity (Wildman–Crippen MR) is 89.3 cm³/mol. The minimum Gasteiger partial charge on any atom is -0.327 e. The van der Waals surface area contributed by atoms with Gasteiger partial charge in [-0.15, -0.1) is 0 Å². The first-order valence-corrected chi connectivity index (χ1v) is 7.57. The van der Waals surface area contributed by atoms with Crippen molar-refractivity contribution in [3.05, 3.63) is 82.0 Å². The van der Waals surface area contributed by atoms with Crippen LogP contribution in [0.5, 0.6) is 0 Å². The number of benzene rings is 2. The van der Waals surface area contributed by atoms with E-state index in [0.29, 0.717) is 21.9 Å². The molecule has 0 bridgehead atoms. The minimum absolute atomic E-state index is 0.138. The summed E-state index contributed by atoms with van der Waals surface area (Å²) in [5, 5.41) is 6.07. The number of carbonyl (C=O) groups excluding carboxylic acids is 2. The fourth-order valence-electron chi connectivity index (χ4n) is 2.65. The Hall–Kier alpha value is -2.59. The van der Waals surface area contributed by atoms with Gasteiger partial charge in [-0.3, -0.25) is 4.79 Å². The van der Waals surface area contributed by atoms with Gasteiger partial charge in [0, 0.05) is 21.9 Å². The Morgan fingerprint density at radius 1 is 1.04 bits per heavy atom.